The van der Waals surface area contributed by atoms with Crippen LogP contribution in [0.15, 0.2) is 53.4 Å². The van der Waals surface area contributed by atoms with Gasteiger partial charge in [-0.3, -0.25) is 4.72 Å². The molecule has 2 aromatic carbocycles. The van der Waals surface area contributed by atoms with Gasteiger partial charge in [0.15, 0.2) is 0 Å². The zero-order chi connectivity index (χ0) is 19.5. The number of rotatable bonds is 5. The third-order valence-corrected chi connectivity index (χ3v) is 4.82. The predicted molar refractivity (Wildman–Crippen MR) is 90.4 cm³/mol. The van der Waals surface area contributed by atoms with Crippen LogP contribution < -0.4 is 4.72 Å². The second kappa shape index (κ2) is 7.38. The molecule has 0 saturated heterocycles. The van der Waals surface area contributed by atoms with Crippen molar-refractivity contribution in [2.45, 2.75) is 11.1 Å². The van der Waals surface area contributed by atoms with Crippen molar-refractivity contribution in [3.63, 3.8) is 0 Å². The first kappa shape index (κ1) is 19.8. The van der Waals surface area contributed by atoms with Gasteiger partial charge in [-0.15, -0.1) is 0 Å². The lowest BCUT2D eigenvalue weighted by Gasteiger charge is -2.13. The number of aliphatic carboxylic acids is 1. The number of hydrogen-bond acceptors (Lipinski definition) is 3. The maximum Gasteiger partial charge on any atom is 0.417 e. The summed E-state index contributed by atoms with van der Waals surface area (Å²) in [5, 5.41) is 8.04. The highest BCUT2D eigenvalue weighted by Gasteiger charge is 2.33. The first-order chi connectivity index (χ1) is 12.0. The van der Waals surface area contributed by atoms with E-state index >= 15 is 0 Å². The molecule has 138 valence electrons. The van der Waals surface area contributed by atoms with Crippen LogP contribution in [0.3, 0.4) is 0 Å². The fraction of sp³-hybridized carbons (Fsp3) is 0.0625. The number of hydrogen-bond donors (Lipinski definition) is 2. The molecule has 0 aliphatic carbocycles. The van der Waals surface area contributed by atoms with Gasteiger partial charge in [-0.1, -0.05) is 23.7 Å². The number of carbonyl (C=O) groups is 1. The second-order valence-electron chi connectivity index (χ2n) is 5.04. The quantitative estimate of drug-likeness (QED) is 0.728. The normalized spacial score (nSPS) is 12.3. The Balaban J connectivity index is 2.35. The van der Waals surface area contributed by atoms with Crippen molar-refractivity contribution in [1.82, 2.24) is 0 Å². The number of benzene rings is 2. The molecule has 26 heavy (non-hydrogen) atoms. The van der Waals surface area contributed by atoms with E-state index in [2.05, 4.69) is 0 Å². The Hall–Kier alpha value is -2.52. The summed E-state index contributed by atoms with van der Waals surface area (Å²) in [6, 6.07) is 7.89. The van der Waals surface area contributed by atoms with E-state index in [1.54, 1.807) is 0 Å². The first-order valence-corrected chi connectivity index (χ1v) is 8.76. The van der Waals surface area contributed by atoms with Crippen LogP contribution in [-0.4, -0.2) is 19.5 Å². The molecule has 5 nitrogen and oxygen atoms in total. The molecule has 0 saturated carbocycles. The molecule has 0 spiro atoms. The Labute approximate surface area is 151 Å². The molecule has 2 rings (SSSR count). The van der Waals surface area contributed by atoms with Crippen molar-refractivity contribution in [2.24, 2.45) is 0 Å². The van der Waals surface area contributed by atoms with E-state index < -0.39 is 32.8 Å². The summed E-state index contributed by atoms with van der Waals surface area (Å²) in [5.41, 5.74) is -1.19. The average Bonchev–Trinajstić information content (AvgIpc) is 2.54. The zero-order valence-electron chi connectivity index (χ0n) is 12.8. The summed E-state index contributed by atoms with van der Waals surface area (Å²) in [5.74, 6) is -1.21. The summed E-state index contributed by atoms with van der Waals surface area (Å²) in [6.07, 6.45) is -2.72. The van der Waals surface area contributed by atoms with Gasteiger partial charge in [0.1, 0.15) is 0 Å². The molecule has 2 aromatic rings. The van der Waals surface area contributed by atoms with Gasteiger partial charge in [0.25, 0.3) is 10.0 Å². The third-order valence-electron chi connectivity index (χ3n) is 3.11. The van der Waals surface area contributed by atoms with Crippen LogP contribution in [0, 0.1) is 0 Å². The van der Waals surface area contributed by atoms with Crippen molar-refractivity contribution in [1.29, 1.82) is 0 Å². The van der Waals surface area contributed by atoms with Crippen molar-refractivity contribution in [2.75, 3.05) is 4.72 Å². The number of sulfonamides is 1. The van der Waals surface area contributed by atoms with Gasteiger partial charge in [0.05, 0.1) is 15.5 Å². The van der Waals surface area contributed by atoms with Gasteiger partial charge in [-0.2, -0.15) is 13.2 Å². The van der Waals surface area contributed by atoms with Gasteiger partial charge in [0, 0.05) is 11.8 Å². The number of nitrogens with one attached hydrogen (secondary N) is 1. The topological polar surface area (TPSA) is 83.5 Å². The SMILES string of the molecule is O=C(O)/C=C/c1cccc(S(=O)(=O)Nc2ccc(Cl)c(C(F)(F)F)c2)c1. The Morgan fingerprint density at radius 3 is 2.46 bits per heavy atom. The largest absolute Gasteiger partial charge is 0.478 e. The van der Waals surface area contributed by atoms with Crippen LogP contribution in [0.1, 0.15) is 11.1 Å². The first-order valence-electron chi connectivity index (χ1n) is 6.90. The van der Waals surface area contributed by atoms with Crippen molar-refractivity contribution in [3.05, 3.63) is 64.7 Å². The highest BCUT2D eigenvalue weighted by Crippen LogP contribution is 2.36. The van der Waals surface area contributed by atoms with Gasteiger partial charge in [0.2, 0.25) is 0 Å². The Morgan fingerprint density at radius 1 is 1.15 bits per heavy atom. The highest BCUT2D eigenvalue weighted by molar-refractivity contribution is 7.92. The summed E-state index contributed by atoms with van der Waals surface area (Å²) in [6.45, 7) is 0. The summed E-state index contributed by atoms with van der Waals surface area (Å²) in [4.78, 5) is 10.3. The third kappa shape index (κ3) is 4.99. The monoisotopic (exact) mass is 405 g/mol. The van der Waals surface area contributed by atoms with Crippen LogP contribution >= 0.6 is 11.6 Å². The lowest BCUT2D eigenvalue weighted by Crippen LogP contribution is -2.14. The van der Waals surface area contributed by atoms with Crippen LogP contribution in [0.2, 0.25) is 5.02 Å². The number of halogens is 4. The van der Waals surface area contributed by atoms with Gasteiger partial charge >= 0.3 is 12.1 Å². The van der Waals surface area contributed by atoms with E-state index in [0.717, 1.165) is 18.2 Å². The van der Waals surface area contributed by atoms with E-state index in [9.17, 15) is 26.4 Å². The Bertz CT molecular complexity index is 972. The Morgan fingerprint density at radius 2 is 1.85 bits per heavy atom. The number of carboxylic acids is 1. The molecule has 0 aromatic heterocycles. The average molecular weight is 406 g/mol. The summed E-state index contributed by atoms with van der Waals surface area (Å²) < 4.78 is 65.4. The van der Waals surface area contributed by atoms with Crippen LogP contribution in [0.5, 0.6) is 0 Å². The number of alkyl halides is 3. The van der Waals surface area contributed by atoms with Crippen molar-refractivity contribution < 1.29 is 31.5 Å². The molecule has 10 heteroatoms. The van der Waals surface area contributed by atoms with E-state index in [0.29, 0.717) is 11.6 Å². The fourth-order valence-corrected chi connectivity index (χ4v) is 3.30. The Kier molecular flexibility index (Phi) is 5.62. The molecule has 0 aliphatic heterocycles. The minimum atomic E-state index is -4.74. The highest BCUT2D eigenvalue weighted by atomic mass is 35.5. The fourth-order valence-electron chi connectivity index (χ4n) is 1.97. The minimum Gasteiger partial charge on any atom is -0.478 e. The standard InChI is InChI=1S/C16H11ClF3NO4S/c17-14-6-5-11(9-13(14)16(18,19)20)21-26(24,25)12-3-1-2-10(8-12)4-7-15(22)23/h1-9,21H,(H,22,23)/b7-4+. The zero-order valence-corrected chi connectivity index (χ0v) is 14.4. The van der Waals surface area contributed by atoms with E-state index in [1.807, 2.05) is 4.72 Å². The van der Waals surface area contributed by atoms with Crippen molar-refractivity contribution in [3.8, 4) is 0 Å². The molecule has 2 N–H and O–H groups in total. The minimum absolute atomic E-state index is 0.242. The maximum atomic E-state index is 12.9. The number of carboxylic acid groups (broad SMARTS) is 1. The molecule has 0 atom stereocenters. The molecule has 0 fully saturated rings. The smallest absolute Gasteiger partial charge is 0.417 e. The molecule has 0 aliphatic rings. The van der Waals surface area contributed by atoms with Gasteiger partial charge in [-0.05, 0) is 42.0 Å². The van der Waals surface area contributed by atoms with Crippen LogP contribution in [0.25, 0.3) is 6.08 Å². The lowest BCUT2D eigenvalue weighted by molar-refractivity contribution is -0.137. The maximum absolute atomic E-state index is 12.9. The lowest BCUT2D eigenvalue weighted by atomic mass is 10.2. The predicted octanol–water partition coefficient (Wildman–Crippen LogP) is 4.26. The molecule has 0 radical (unpaired) electrons. The number of anilines is 1. The molecule has 0 heterocycles. The summed E-state index contributed by atoms with van der Waals surface area (Å²) in [7, 11) is -4.19. The van der Waals surface area contributed by atoms with E-state index in [1.165, 1.54) is 30.3 Å². The van der Waals surface area contributed by atoms with E-state index in [-0.39, 0.29) is 10.6 Å². The molecular weight excluding hydrogens is 395 g/mol. The molecule has 0 bridgehead atoms. The molecular formula is C16H11ClF3NO4S. The summed E-state index contributed by atoms with van der Waals surface area (Å²) >= 11 is 5.50. The van der Waals surface area contributed by atoms with Gasteiger partial charge in [-0.25, -0.2) is 13.2 Å². The van der Waals surface area contributed by atoms with Gasteiger partial charge < -0.3 is 5.11 Å². The second-order valence-corrected chi connectivity index (χ2v) is 7.13. The van der Waals surface area contributed by atoms with Crippen LogP contribution in [-0.2, 0) is 21.0 Å². The molecule has 0 unspecified atom stereocenters. The van der Waals surface area contributed by atoms with E-state index in [4.69, 9.17) is 16.7 Å². The van der Waals surface area contributed by atoms with Crippen molar-refractivity contribution >= 4 is 39.4 Å². The molecule has 0 amide bonds. The van der Waals surface area contributed by atoms with Crippen LogP contribution in [0.4, 0.5) is 18.9 Å².